The van der Waals surface area contributed by atoms with Gasteiger partial charge in [0.15, 0.2) is 21.5 Å². The Morgan fingerprint density at radius 2 is 1.72 bits per heavy atom. The van der Waals surface area contributed by atoms with Crippen LogP contribution in [-0.4, -0.2) is 40.4 Å². The molecule has 3 N–H and O–H groups in total. The van der Waals surface area contributed by atoms with Gasteiger partial charge in [0.05, 0.1) is 20.9 Å². The van der Waals surface area contributed by atoms with Gasteiger partial charge in [-0.3, -0.25) is 4.79 Å². The van der Waals surface area contributed by atoms with Crippen LogP contribution in [0.1, 0.15) is 47.8 Å². The maximum Gasteiger partial charge on any atom is 0.255 e. The van der Waals surface area contributed by atoms with Gasteiger partial charge in [-0.15, -0.1) is 0 Å². The van der Waals surface area contributed by atoms with Gasteiger partial charge in [0, 0.05) is 17.3 Å². The predicted octanol–water partition coefficient (Wildman–Crippen LogP) is 4.83. The summed E-state index contributed by atoms with van der Waals surface area (Å²) in [6, 6.07) is 10.4. The summed E-state index contributed by atoms with van der Waals surface area (Å²) in [5.74, 6) is -5.00. The number of hydrogen-bond acceptors (Lipinski definition) is 6. The number of aliphatic hydroxyl groups excluding tert-OH is 1. The number of halogens is 4. The second kappa shape index (κ2) is 10.2. The Hall–Kier alpha value is -2.99. The van der Waals surface area contributed by atoms with Crippen molar-refractivity contribution in [1.82, 2.24) is 4.98 Å². The molecule has 2 fully saturated rings. The van der Waals surface area contributed by atoms with Gasteiger partial charge in [-0.2, -0.15) is 4.39 Å². The maximum absolute atomic E-state index is 13.7. The van der Waals surface area contributed by atoms with Crippen molar-refractivity contribution in [3.8, 4) is 0 Å². The van der Waals surface area contributed by atoms with Crippen molar-refractivity contribution in [2.24, 2.45) is 11.8 Å². The highest BCUT2D eigenvalue weighted by Gasteiger charge is 2.59. The van der Waals surface area contributed by atoms with Crippen molar-refractivity contribution in [2.45, 2.75) is 47.5 Å². The van der Waals surface area contributed by atoms with Gasteiger partial charge < -0.3 is 15.5 Å². The number of aromatic nitrogens is 1. The van der Waals surface area contributed by atoms with E-state index in [1.54, 1.807) is 0 Å². The number of anilines is 1. The van der Waals surface area contributed by atoms with Crippen LogP contribution in [0.5, 0.6) is 0 Å². The van der Waals surface area contributed by atoms with Gasteiger partial charge in [0.1, 0.15) is 11.7 Å². The SMILES string of the molecule is O=C(Nc1ccc(F)c(F)c1)c1ccc(Cl)c(S(=O)(=O)[C@@H]2C[C@H]3CC[C@@H](C2)[C@@]3(O)[C@H](O)c2cccc(F)n2)c1. The largest absolute Gasteiger partial charge is 0.386 e. The van der Waals surface area contributed by atoms with Crippen molar-refractivity contribution in [3.63, 3.8) is 0 Å². The molecule has 1 amide bonds. The normalized spacial score (nSPS) is 25.3. The van der Waals surface area contributed by atoms with E-state index in [2.05, 4.69) is 10.3 Å². The maximum atomic E-state index is 13.7. The average molecular weight is 581 g/mol. The van der Waals surface area contributed by atoms with Gasteiger partial charge >= 0.3 is 0 Å². The van der Waals surface area contributed by atoms with Crippen LogP contribution in [0.15, 0.2) is 59.5 Å². The van der Waals surface area contributed by atoms with E-state index < -0.39 is 62.1 Å². The Morgan fingerprint density at radius 1 is 1.03 bits per heavy atom. The standard InChI is InChI=1S/C27H24ClF3N2O5S/c28-19-8-4-14(26(35)32-17-7-9-20(29)21(30)13-17)10-23(19)39(37,38)18-11-15-5-6-16(12-18)27(15,36)25(34)22-2-1-3-24(31)33-22/h1-4,7-10,13,15-16,18,25,34,36H,5-6,11-12H2,(H,32,35)/t15-,16+,18-,25-,27-/m1/s1. The highest BCUT2D eigenvalue weighted by Crippen LogP contribution is 2.56. The Kier molecular flexibility index (Phi) is 7.21. The molecule has 1 heterocycles. The molecule has 2 aliphatic carbocycles. The number of carbonyl (C=O) groups is 1. The summed E-state index contributed by atoms with van der Waals surface area (Å²) in [5.41, 5.74) is -1.79. The van der Waals surface area contributed by atoms with Crippen molar-refractivity contribution < 1.29 is 36.6 Å². The first-order valence-electron chi connectivity index (χ1n) is 12.2. The number of fused-ring (bicyclic) bond motifs is 2. The molecule has 2 saturated carbocycles. The predicted molar refractivity (Wildman–Crippen MR) is 136 cm³/mol. The third-order valence-corrected chi connectivity index (χ3v) is 10.5. The molecule has 0 saturated heterocycles. The van der Waals surface area contributed by atoms with Gasteiger partial charge in [0.25, 0.3) is 5.91 Å². The third kappa shape index (κ3) is 4.93. The molecule has 0 radical (unpaired) electrons. The average Bonchev–Trinajstić information content (AvgIpc) is 3.05. The first kappa shape index (κ1) is 27.6. The minimum absolute atomic E-state index is 0.0172. The fourth-order valence-corrected chi connectivity index (χ4v) is 8.28. The Morgan fingerprint density at radius 3 is 2.36 bits per heavy atom. The molecule has 5 rings (SSSR count). The number of carbonyl (C=O) groups excluding carboxylic acids is 1. The number of sulfone groups is 1. The molecule has 0 aliphatic heterocycles. The van der Waals surface area contributed by atoms with E-state index in [0.717, 1.165) is 30.3 Å². The summed E-state index contributed by atoms with van der Waals surface area (Å²) < 4.78 is 67.8. The van der Waals surface area contributed by atoms with Crippen LogP contribution in [-0.2, 0) is 9.84 Å². The number of benzene rings is 2. The van der Waals surface area contributed by atoms with Crippen molar-refractivity contribution >= 4 is 33.0 Å². The van der Waals surface area contributed by atoms with E-state index in [4.69, 9.17) is 11.6 Å². The van der Waals surface area contributed by atoms with Crippen molar-refractivity contribution in [2.75, 3.05) is 5.32 Å². The van der Waals surface area contributed by atoms with Crippen LogP contribution >= 0.6 is 11.6 Å². The van der Waals surface area contributed by atoms with Crippen LogP contribution in [0.2, 0.25) is 5.02 Å². The molecule has 206 valence electrons. The number of pyridine rings is 1. The fourth-order valence-electron chi connectivity index (χ4n) is 5.87. The van der Waals surface area contributed by atoms with Gasteiger partial charge in [-0.05, 0) is 80.0 Å². The second-order valence-electron chi connectivity index (χ2n) is 10.0. The molecule has 3 aromatic rings. The summed E-state index contributed by atoms with van der Waals surface area (Å²) >= 11 is 6.26. The third-order valence-electron chi connectivity index (χ3n) is 7.84. The lowest BCUT2D eigenvalue weighted by molar-refractivity contribution is -0.146. The molecule has 2 aromatic carbocycles. The molecule has 39 heavy (non-hydrogen) atoms. The molecule has 0 spiro atoms. The molecule has 5 atom stereocenters. The quantitative estimate of drug-likeness (QED) is 0.360. The minimum atomic E-state index is -4.10. The van der Waals surface area contributed by atoms with Crippen LogP contribution in [0.25, 0.3) is 0 Å². The Labute approximate surface area is 227 Å². The van der Waals surface area contributed by atoms with E-state index in [9.17, 15) is 36.6 Å². The lowest BCUT2D eigenvalue weighted by atomic mass is 9.70. The van der Waals surface area contributed by atoms with E-state index in [0.29, 0.717) is 12.8 Å². The summed E-state index contributed by atoms with van der Waals surface area (Å²) in [7, 11) is -4.10. The molecule has 12 heteroatoms. The molecule has 0 unspecified atom stereocenters. The van der Waals surface area contributed by atoms with Gasteiger partial charge in [0.2, 0.25) is 5.95 Å². The summed E-state index contributed by atoms with van der Waals surface area (Å²) in [6.07, 6.45) is -0.540. The smallest absolute Gasteiger partial charge is 0.255 e. The molecular weight excluding hydrogens is 557 g/mol. The molecular formula is C27H24ClF3N2O5S. The van der Waals surface area contributed by atoms with E-state index >= 15 is 0 Å². The fraction of sp³-hybridized carbons (Fsp3) is 0.333. The molecule has 7 nitrogen and oxygen atoms in total. The summed E-state index contributed by atoms with van der Waals surface area (Å²) in [5, 5.41) is 23.9. The Balaban J connectivity index is 1.39. The van der Waals surface area contributed by atoms with Crippen LogP contribution < -0.4 is 5.32 Å². The zero-order valence-corrected chi connectivity index (χ0v) is 21.9. The lowest BCUT2D eigenvalue weighted by Gasteiger charge is -2.45. The van der Waals surface area contributed by atoms with Gasteiger partial charge in [-0.25, -0.2) is 22.2 Å². The monoisotopic (exact) mass is 580 g/mol. The molecule has 1 aromatic heterocycles. The number of aliphatic hydroxyl groups is 2. The highest BCUT2D eigenvalue weighted by atomic mass is 35.5. The van der Waals surface area contributed by atoms with Crippen molar-refractivity contribution in [1.29, 1.82) is 0 Å². The zero-order valence-electron chi connectivity index (χ0n) is 20.3. The molecule has 2 aliphatic rings. The van der Waals surface area contributed by atoms with Crippen LogP contribution in [0.4, 0.5) is 18.9 Å². The van der Waals surface area contributed by atoms with Gasteiger partial charge in [-0.1, -0.05) is 17.7 Å². The van der Waals surface area contributed by atoms with E-state index in [1.165, 1.54) is 24.3 Å². The van der Waals surface area contributed by atoms with E-state index in [1.807, 2.05) is 0 Å². The second-order valence-corrected chi connectivity index (χ2v) is 12.6. The van der Waals surface area contributed by atoms with Crippen LogP contribution in [0.3, 0.4) is 0 Å². The first-order chi connectivity index (χ1) is 18.4. The first-order valence-corrected chi connectivity index (χ1v) is 14.2. The number of hydrogen-bond donors (Lipinski definition) is 3. The zero-order chi connectivity index (χ0) is 28.1. The highest BCUT2D eigenvalue weighted by molar-refractivity contribution is 7.92. The molecule has 2 bridgehead atoms. The summed E-state index contributed by atoms with van der Waals surface area (Å²) in [6.45, 7) is 0. The minimum Gasteiger partial charge on any atom is -0.386 e. The van der Waals surface area contributed by atoms with E-state index in [-0.39, 0.29) is 39.7 Å². The summed E-state index contributed by atoms with van der Waals surface area (Å²) in [4.78, 5) is 16.2. The number of rotatable bonds is 6. The lowest BCUT2D eigenvalue weighted by Crippen LogP contribution is -2.52. The Bertz CT molecular complexity index is 1540. The number of nitrogens with one attached hydrogen (secondary N) is 1. The van der Waals surface area contributed by atoms with Crippen LogP contribution in [0, 0.1) is 29.4 Å². The number of amides is 1. The topological polar surface area (TPSA) is 117 Å². The number of nitrogens with zero attached hydrogens (tertiary/aromatic N) is 1. The van der Waals surface area contributed by atoms with Crippen molar-refractivity contribution in [3.05, 3.63) is 88.5 Å².